The molecule has 7 nitrogen and oxygen atoms in total. The van der Waals surface area contributed by atoms with Crippen molar-refractivity contribution in [3.8, 4) is 0 Å². The van der Waals surface area contributed by atoms with Crippen LogP contribution in [0, 0.1) is 0 Å². The van der Waals surface area contributed by atoms with E-state index in [0.29, 0.717) is 5.57 Å². The molecule has 92 valence electrons. The van der Waals surface area contributed by atoms with Crippen molar-refractivity contribution in [2.24, 2.45) is 0 Å². The molecule has 0 bridgehead atoms. The van der Waals surface area contributed by atoms with Crippen molar-refractivity contribution in [3.05, 3.63) is 11.3 Å². The molecule has 7 heteroatoms. The molecule has 0 spiro atoms. The molecule has 1 fully saturated rings. The van der Waals surface area contributed by atoms with Crippen molar-refractivity contribution < 1.29 is 35.0 Å². The van der Waals surface area contributed by atoms with Crippen molar-refractivity contribution in [1.29, 1.82) is 0 Å². The largest absolute Gasteiger partial charge is 0.507 e. The second kappa shape index (κ2) is 4.48. The van der Waals surface area contributed by atoms with Crippen molar-refractivity contribution in [1.82, 2.24) is 0 Å². The zero-order valence-corrected chi connectivity index (χ0v) is 8.82. The molecular formula is C9H14O7. The maximum atomic E-state index is 10.2. The minimum atomic E-state index is -1.89. The fraction of sp³-hybridized carbons (Fsp3) is 0.667. The summed E-state index contributed by atoms with van der Waals surface area (Å²) in [5.74, 6) is -2.29. The van der Waals surface area contributed by atoms with E-state index >= 15 is 0 Å². The first-order valence-electron chi connectivity index (χ1n) is 4.60. The van der Waals surface area contributed by atoms with Gasteiger partial charge in [-0.15, -0.1) is 0 Å². The molecule has 0 saturated carbocycles. The van der Waals surface area contributed by atoms with Gasteiger partial charge in [-0.3, -0.25) is 0 Å². The molecule has 0 aliphatic carbocycles. The SMILES string of the molecule is CC(C)=C(O)C1(C(O)C(O)C(O)C=O)OO1. The molecule has 3 unspecified atom stereocenters. The Hall–Kier alpha value is -0.990. The Kier molecular flexibility index (Phi) is 3.66. The second-order valence-corrected chi connectivity index (χ2v) is 3.74. The number of carbonyl (C=O) groups excluding carboxylic acids is 1. The van der Waals surface area contributed by atoms with Crippen LogP contribution >= 0.6 is 0 Å². The average Bonchev–Trinajstić information content (AvgIpc) is 3.05. The molecule has 0 radical (unpaired) electrons. The van der Waals surface area contributed by atoms with Crippen LogP contribution in [0.4, 0.5) is 0 Å². The maximum absolute atomic E-state index is 10.2. The lowest BCUT2D eigenvalue weighted by Gasteiger charge is -2.22. The fourth-order valence-electron chi connectivity index (χ4n) is 1.20. The van der Waals surface area contributed by atoms with Crippen LogP contribution in [0.2, 0.25) is 0 Å². The van der Waals surface area contributed by atoms with Crippen LogP contribution in [0.5, 0.6) is 0 Å². The van der Waals surface area contributed by atoms with E-state index in [9.17, 15) is 20.1 Å². The lowest BCUT2D eigenvalue weighted by molar-refractivity contribution is -0.130. The minimum Gasteiger partial charge on any atom is -0.507 e. The lowest BCUT2D eigenvalue weighted by Crippen LogP contribution is -2.48. The van der Waals surface area contributed by atoms with Gasteiger partial charge in [0.2, 0.25) is 0 Å². The van der Waals surface area contributed by atoms with E-state index in [1.165, 1.54) is 13.8 Å². The maximum Gasteiger partial charge on any atom is 0.317 e. The summed E-state index contributed by atoms with van der Waals surface area (Å²) in [6, 6.07) is 0. The van der Waals surface area contributed by atoms with Crippen LogP contribution < -0.4 is 0 Å². The van der Waals surface area contributed by atoms with Gasteiger partial charge in [-0.2, -0.15) is 9.78 Å². The molecule has 16 heavy (non-hydrogen) atoms. The van der Waals surface area contributed by atoms with Gasteiger partial charge in [-0.1, -0.05) is 0 Å². The van der Waals surface area contributed by atoms with Crippen LogP contribution in [0.1, 0.15) is 13.8 Å². The molecule has 1 saturated heterocycles. The predicted octanol–water partition coefficient (Wildman–Crippen LogP) is -1.22. The summed E-state index contributed by atoms with van der Waals surface area (Å²) in [7, 11) is 0. The van der Waals surface area contributed by atoms with Crippen molar-refractivity contribution in [2.75, 3.05) is 0 Å². The molecule has 0 aromatic rings. The summed E-state index contributed by atoms with van der Waals surface area (Å²) >= 11 is 0. The fourth-order valence-corrected chi connectivity index (χ4v) is 1.20. The van der Waals surface area contributed by atoms with Crippen LogP contribution in [0.3, 0.4) is 0 Å². The number of allylic oxidation sites excluding steroid dienone is 1. The number of aliphatic hydroxyl groups is 4. The first kappa shape index (κ1) is 13.1. The highest BCUT2D eigenvalue weighted by Crippen LogP contribution is 2.42. The number of hydrogen-bond donors (Lipinski definition) is 4. The van der Waals surface area contributed by atoms with E-state index in [2.05, 4.69) is 9.78 Å². The van der Waals surface area contributed by atoms with Crippen LogP contribution in [0.25, 0.3) is 0 Å². The van der Waals surface area contributed by atoms with Gasteiger partial charge in [-0.25, -0.2) is 0 Å². The molecule has 0 amide bonds. The first-order chi connectivity index (χ1) is 7.36. The molecule has 1 aliphatic heterocycles. The molecule has 0 aromatic heterocycles. The van der Waals surface area contributed by atoms with Gasteiger partial charge in [0.15, 0.2) is 18.1 Å². The molecule has 0 aromatic carbocycles. The Morgan fingerprint density at radius 3 is 2.06 bits per heavy atom. The van der Waals surface area contributed by atoms with Crippen molar-refractivity contribution in [3.63, 3.8) is 0 Å². The highest BCUT2D eigenvalue weighted by molar-refractivity contribution is 5.56. The number of aldehydes is 1. The zero-order valence-electron chi connectivity index (χ0n) is 8.82. The summed E-state index contributed by atoms with van der Waals surface area (Å²) in [6.07, 6.45) is -5.32. The molecule has 1 heterocycles. The number of hydrogen-bond acceptors (Lipinski definition) is 7. The third-order valence-electron chi connectivity index (χ3n) is 2.27. The average molecular weight is 234 g/mol. The Morgan fingerprint density at radius 2 is 1.75 bits per heavy atom. The van der Waals surface area contributed by atoms with Crippen LogP contribution in [-0.2, 0) is 14.6 Å². The van der Waals surface area contributed by atoms with Gasteiger partial charge in [0.05, 0.1) is 0 Å². The van der Waals surface area contributed by atoms with E-state index in [-0.39, 0.29) is 6.29 Å². The van der Waals surface area contributed by atoms with Crippen molar-refractivity contribution >= 4 is 6.29 Å². The third kappa shape index (κ3) is 2.08. The normalized spacial score (nSPS) is 23.1. The predicted molar refractivity (Wildman–Crippen MR) is 50.0 cm³/mol. The second-order valence-electron chi connectivity index (χ2n) is 3.74. The minimum absolute atomic E-state index is 0.0591. The molecule has 4 N–H and O–H groups in total. The highest BCUT2D eigenvalue weighted by Gasteiger charge is 2.63. The summed E-state index contributed by atoms with van der Waals surface area (Å²) < 4.78 is 0. The Morgan fingerprint density at radius 1 is 1.25 bits per heavy atom. The quantitative estimate of drug-likeness (QED) is 0.203. The van der Waals surface area contributed by atoms with E-state index in [0.717, 1.165) is 0 Å². The lowest BCUT2D eigenvalue weighted by atomic mass is 9.98. The van der Waals surface area contributed by atoms with Gasteiger partial charge >= 0.3 is 5.79 Å². The van der Waals surface area contributed by atoms with Crippen molar-refractivity contribution in [2.45, 2.75) is 37.9 Å². The standard InChI is InChI=1S/C9H14O7/c1-4(2)7(13)9(15-16-9)8(14)6(12)5(11)3-10/h3,5-6,8,11-14H,1-2H3. The van der Waals surface area contributed by atoms with Crippen LogP contribution in [-0.4, -0.2) is 50.8 Å². The van der Waals surface area contributed by atoms with E-state index in [4.69, 9.17) is 5.11 Å². The highest BCUT2D eigenvalue weighted by atomic mass is 17.4. The van der Waals surface area contributed by atoms with E-state index in [1.54, 1.807) is 0 Å². The molecule has 1 aliphatic rings. The molecular weight excluding hydrogens is 220 g/mol. The van der Waals surface area contributed by atoms with E-state index in [1.807, 2.05) is 0 Å². The topological polar surface area (TPSA) is 123 Å². The van der Waals surface area contributed by atoms with Gasteiger partial charge < -0.3 is 25.2 Å². The van der Waals surface area contributed by atoms with Crippen LogP contribution in [0.15, 0.2) is 11.3 Å². The molecule has 3 atom stereocenters. The Bertz CT molecular complexity index is 303. The molecule has 1 rings (SSSR count). The zero-order chi connectivity index (χ0) is 12.5. The summed E-state index contributed by atoms with van der Waals surface area (Å²) in [6.45, 7) is 3.08. The van der Waals surface area contributed by atoms with Gasteiger partial charge in [0, 0.05) is 0 Å². The Labute approximate surface area is 91.5 Å². The van der Waals surface area contributed by atoms with Gasteiger partial charge in [0.25, 0.3) is 0 Å². The Balaban J connectivity index is 2.86. The summed E-state index contributed by atoms with van der Waals surface area (Å²) in [5.41, 5.74) is 0.407. The van der Waals surface area contributed by atoms with Gasteiger partial charge in [-0.05, 0) is 19.4 Å². The number of carbonyl (C=O) groups is 1. The number of rotatable bonds is 5. The monoisotopic (exact) mass is 234 g/mol. The first-order valence-corrected chi connectivity index (χ1v) is 4.60. The van der Waals surface area contributed by atoms with Gasteiger partial charge in [0.1, 0.15) is 12.2 Å². The summed E-state index contributed by atoms with van der Waals surface area (Å²) in [5, 5.41) is 37.6. The third-order valence-corrected chi connectivity index (χ3v) is 2.27. The smallest absolute Gasteiger partial charge is 0.317 e. The number of aliphatic hydroxyl groups excluding tert-OH is 4. The van der Waals surface area contributed by atoms with E-state index < -0.39 is 29.9 Å². The summed E-state index contributed by atoms with van der Waals surface area (Å²) in [4.78, 5) is 19.1.